The summed E-state index contributed by atoms with van der Waals surface area (Å²) in [4.78, 5) is 5.80. The van der Waals surface area contributed by atoms with Crippen molar-refractivity contribution in [2.24, 2.45) is 0 Å². The van der Waals surface area contributed by atoms with Gasteiger partial charge in [0.05, 0.1) is 11.0 Å². The number of fused-ring (bicyclic) bond motifs is 1. The molecule has 0 spiro atoms. The Morgan fingerprint density at radius 1 is 1.35 bits per heavy atom. The van der Waals surface area contributed by atoms with Gasteiger partial charge in [0.2, 0.25) is 5.95 Å². The summed E-state index contributed by atoms with van der Waals surface area (Å²) in [5.41, 5.74) is 8.14. The first-order chi connectivity index (χ1) is 9.47. The largest absolute Gasteiger partial charge is 0.369 e. The molecule has 0 saturated carbocycles. The number of aromatic nitrogens is 2. The van der Waals surface area contributed by atoms with Crippen LogP contribution in [0.1, 0.15) is 18.7 Å². The van der Waals surface area contributed by atoms with Crippen molar-refractivity contribution in [1.82, 2.24) is 9.55 Å². The first kappa shape index (κ1) is 13.6. The van der Waals surface area contributed by atoms with Crippen LogP contribution in [0.15, 0.2) is 40.2 Å². The first-order valence-electron chi connectivity index (χ1n) is 6.43. The molecule has 5 heteroatoms. The fourth-order valence-corrected chi connectivity index (χ4v) is 3.61. The van der Waals surface area contributed by atoms with E-state index in [0.717, 1.165) is 22.1 Å². The molecule has 0 saturated heterocycles. The van der Waals surface area contributed by atoms with Crippen LogP contribution in [0.4, 0.5) is 5.95 Å². The summed E-state index contributed by atoms with van der Waals surface area (Å²) in [5, 5.41) is 2.11. The summed E-state index contributed by atoms with van der Waals surface area (Å²) in [6, 6.07) is 10.3. The van der Waals surface area contributed by atoms with Gasteiger partial charge in [-0.15, -0.1) is 11.3 Å². The lowest BCUT2D eigenvalue weighted by Gasteiger charge is -2.24. The molecule has 2 N–H and O–H groups in total. The van der Waals surface area contributed by atoms with E-state index in [1.54, 1.807) is 11.3 Å². The minimum Gasteiger partial charge on any atom is -0.369 e. The van der Waals surface area contributed by atoms with E-state index in [2.05, 4.69) is 62.9 Å². The van der Waals surface area contributed by atoms with E-state index in [1.807, 2.05) is 12.1 Å². The third-order valence-corrected chi connectivity index (χ3v) is 5.21. The Morgan fingerprint density at radius 3 is 2.85 bits per heavy atom. The molecule has 0 aliphatic heterocycles. The first-order valence-corrected chi connectivity index (χ1v) is 8.10. The van der Waals surface area contributed by atoms with Gasteiger partial charge in [0, 0.05) is 21.3 Å². The Bertz CT molecular complexity index is 744. The Kier molecular flexibility index (Phi) is 3.34. The van der Waals surface area contributed by atoms with Gasteiger partial charge < -0.3 is 10.3 Å². The lowest BCUT2D eigenvalue weighted by Crippen LogP contribution is -2.24. The average molecular weight is 350 g/mol. The summed E-state index contributed by atoms with van der Waals surface area (Å²) in [6.45, 7) is 5.29. The van der Waals surface area contributed by atoms with Gasteiger partial charge in [0.15, 0.2) is 0 Å². The molecule has 3 rings (SSSR count). The number of hydrogen-bond acceptors (Lipinski definition) is 3. The highest BCUT2D eigenvalue weighted by atomic mass is 79.9. The monoisotopic (exact) mass is 349 g/mol. The Balaban J connectivity index is 2.06. The van der Waals surface area contributed by atoms with E-state index in [0.29, 0.717) is 5.95 Å². The number of nitrogen functional groups attached to an aromatic ring is 1. The minimum atomic E-state index is 0.0260. The van der Waals surface area contributed by atoms with Gasteiger partial charge in [0.1, 0.15) is 0 Å². The SMILES string of the molecule is CC(C)(Cn1c(N)nc2ccc(Br)cc21)c1cccs1. The predicted octanol–water partition coefficient (Wildman–Crippen LogP) is 4.42. The minimum absolute atomic E-state index is 0.0260. The van der Waals surface area contributed by atoms with Crippen LogP contribution in [0.3, 0.4) is 0 Å². The van der Waals surface area contributed by atoms with Gasteiger partial charge in [-0.25, -0.2) is 4.98 Å². The number of nitrogens with two attached hydrogens (primary N) is 1. The van der Waals surface area contributed by atoms with E-state index >= 15 is 0 Å². The Morgan fingerprint density at radius 2 is 2.15 bits per heavy atom. The zero-order valence-corrected chi connectivity index (χ0v) is 13.8. The average Bonchev–Trinajstić information content (AvgIpc) is 3.00. The summed E-state index contributed by atoms with van der Waals surface area (Å²) < 4.78 is 3.14. The zero-order chi connectivity index (χ0) is 14.3. The van der Waals surface area contributed by atoms with E-state index in [9.17, 15) is 0 Å². The molecule has 2 heterocycles. The van der Waals surface area contributed by atoms with Crippen molar-refractivity contribution < 1.29 is 0 Å². The molecule has 0 aliphatic carbocycles. The topological polar surface area (TPSA) is 43.8 Å². The highest BCUT2D eigenvalue weighted by molar-refractivity contribution is 9.10. The summed E-state index contributed by atoms with van der Waals surface area (Å²) in [5.74, 6) is 0.572. The molecule has 0 aliphatic rings. The standard InChI is InChI=1S/C15H16BrN3S/c1-15(2,13-4-3-7-20-13)9-19-12-8-10(16)5-6-11(12)18-14(19)17/h3-8H,9H2,1-2H3,(H2,17,18). The van der Waals surface area contributed by atoms with Crippen LogP contribution in [-0.4, -0.2) is 9.55 Å². The van der Waals surface area contributed by atoms with Crippen molar-refractivity contribution in [3.05, 3.63) is 45.1 Å². The maximum atomic E-state index is 6.10. The number of rotatable bonds is 3. The Hall–Kier alpha value is -1.33. The van der Waals surface area contributed by atoms with Crippen molar-refractivity contribution in [3.8, 4) is 0 Å². The number of thiophene rings is 1. The Labute approximate surface area is 130 Å². The number of benzene rings is 1. The maximum Gasteiger partial charge on any atom is 0.201 e. The molecular formula is C15H16BrN3S. The van der Waals surface area contributed by atoms with E-state index < -0.39 is 0 Å². The van der Waals surface area contributed by atoms with Crippen LogP contribution in [0.5, 0.6) is 0 Å². The van der Waals surface area contributed by atoms with Crippen LogP contribution < -0.4 is 5.73 Å². The second-order valence-corrected chi connectivity index (χ2v) is 7.41. The molecule has 0 atom stereocenters. The van der Waals surface area contributed by atoms with Gasteiger partial charge in [-0.1, -0.05) is 35.8 Å². The molecule has 20 heavy (non-hydrogen) atoms. The van der Waals surface area contributed by atoms with E-state index in [4.69, 9.17) is 5.73 Å². The quantitative estimate of drug-likeness (QED) is 0.760. The van der Waals surface area contributed by atoms with Gasteiger partial charge in [-0.05, 0) is 29.6 Å². The van der Waals surface area contributed by atoms with Crippen molar-refractivity contribution >= 4 is 44.2 Å². The van der Waals surface area contributed by atoms with Crippen LogP contribution in [-0.2, 0) is 12.0 Å². The molecule has 0 fully saturated rings. The van der Waals surface area contributed by atoms with Crippen molar-refractivity contribution in [1.29, 1.82) is 0 Å². The normalized spacial score (nSPS) is 12.2. The van der Waals surface area contributed by atoms with Crippen LogP contribution in [0, 0.1) is 0 Å². The molecule has 0 radical (unpaired) electrons. The second kappa shape index (κ2) is 4.90. The zero-order valence-electron chi connectivity index (χ0n) is 11.4. The maximum absolute atomic E-state index is 6.10. The van der Waals surface area contributed by atoms with Crippen molar-refractivity contribution in [3.63, 3.8) is 0 Å². The van der Waals surface area contributed by atoms with Gasteiger partial charge in [-0.2, -0.15) is 0 Å². The summed E-state index contributed by atoms with van der Waals surface area (Å²) >= 11 is 5.30. The molecule has 104 valence electrons. The number of imidazole rings is 1. The fourth-order valence-electron chi connectivity index (χ4n) is 2.42. The van der Waals surface area contributed by atoms with E-state index in [1.165, 1.54) is 4.88 Å². The fraction of sp³-hybridized carbons (Fsp3) is 0.267. The smallest absolute Gasteiger partial charge is 0.201 e. The lowest BCUT2D eigenvalue weighted by molar-refractivity contribution is 0.453. The number of hydrogen-bond donors (Lipinski definition) is 1. The van der Waals surface area contributed by atoms with Crippen molar-refractivity contribution in [2.45, 2.75) is 25.8 Å². The molecule has 0 bridgehead atoms. The molecule has 0 amide bonds. The molecule has 1 aromatic carbocycles. The number of halogens is 1. The molecule has 3 nitrogen and oxygen atoms in total. The highest BCUT2D eigenvalue weighted by Crippen LogP contribution is 2.32. The van der Waals surface area contributed by atoms with Crippen LogP contribution in [0.2, 0.25) is 0 Å². The van der Waals surface area contributed by atoms with E-state index in [-0.39, 0.29) is 5.41 Å². The van der Waals surface area contributed by atoms with Gasteiger partial charge >= 0.3 is 0 Å². The van der Waals surface area contributed by atoms with Crippen molar-refractivity contribution in [2.75, 3.05) is 5.73 Å². The molecular weight excluding hydrogens is 334 g/mol. The number of anilines is 1. The summed E-state index contributed by atoms with van der Waals surface area (Å²) in [7, 11) is 0. The van der Waals surface area contributed by atoms with Crippen LogP contribution in [0.25, 0.3) is 11.0 Å². The molecule has 3 aromatic rings. The lowest BCUT2D eigenvalue weighted by atomic mass is 9.91. The number of nitrogens with zero attached hydrogens (tertiary/aromatic N) is 2. The predicted molar refractivity (Wildman–Crippen MR) is 89.2 cm³/mol. The van der Waals surface area contributed by atoms with Gasteiger partial charge in [-0.3, -0.25) is 0 Å². The van der Waals surface area contributed by atoms with Gasteiger partial charge in [0.25, 0.3) is 0 Å². The molecule has 0 unspecified atom stereocenters. The highest BCUT2D eigenvalue weighted by Gasteiger charge is 2.24. The third kappa shape index (κ3) is 2.36. The summed E-state index contributed by atoms with van der Waals surface area (Å²) in [6.07, 6.45) is 0. The third-order valence-electron chi connectivity index (χ3n) is 3.48. The second-order valence-electron chi connectivity index (χ2n) is 5.55. The van der Waals surface area contributed by atoms with Crippen LogP contribution >= 0.6 is 27.3 Å². The molecule has 2 aromatic heterocycles.